The molecule has 0 bridgehead atoms. The van der Waals surface area contributed by atoms with Crippen LogP contribution in [0.15, 0.2) is 46.8 Å². The SMILES string of the molecule is O=C(O)c1nc2ccc(F)cn2c1N=Nc1ccc(F)c(Cl)c1. The van der Waals surface area contributed by atoms with Crippen LogP contribution in [-0.4, -0.2) is 20.5 Å². The van der Waals surface area contributed by atoms with E-state index in [1.165, 1.54) is 18.2 Å². The van der Waals surface area contributed by atoms with Gasteiger partial charge in [-0.2, -0.15) is 0 Å². The highest BCUT2D eigenvalue weighted by Gasteiger charge is 2.18. The number of pyridine rings is 1. The summed E-state index contributed by atoms with van der Waals surface area (Å²) in [5, 5.41) is 16.6. The van der Waals surface area contributed by atoms with E-state index in [0.717, 1.165) is 22.7 Å². The second kappa shape index (κ2) is 5.73. The molecule has 9 heteroatoms. The molecule has 3 rings (SSSR count). The van der Waals surface area contributed by atoms with Crippen LogP contribution in [0.5, 0.6) is 0 Å². The Bertz CT molecular complexity index is 955. The van der Waals surface area contributed by atoms with Gasteiger partial charge in [0.05, 0.1) is 10.7 Å². The van der Waals surface area contributed by atoms with E-state index in [9.17, 15) is 18.7 Å². The normalized spacial score (nSPS) is 11.4. The zero-order valence-corrected chi connectivity index (χ0v) is 12.0. The van der Waals surface area contributed by atoms with Gasteiger partial charge in [-0.25, -0.2) is 18.6 Å². The molecule has 3 aromatic rings. The average molecular weight is 337 g/mol. The van der Waals surface area contributed by atoms with Crippen LogP contribution in [0.3, 0.4) is 0 Å². The number of carboxylic acid groups (broad SMARTS) is 1. The number of azo groups is 1. The van der Waals surface area contributed by atoms with Crippen LogP contribution >= 0.6 is 11.6 Å². The van der Waals surface area contributed by atoms with Crippen LogP contribution in [-0.2, 0) is 0 Å². The predicted octanol–water partition coefficient (Wildman–Crippen LogP) is 4.38. The number of imidazole rings is 1. The number of carbonyl (C=O) groups is 1. The molecule has 0 saturated carbocycles. The number of fused-ring (bicyclic) bond motifs is 1. The highest BCUT2D eigenvalue weighted by atomic mass is 35.5. The van der Waals surface area contributed by atoms with Gasteiger partial charge < -0.3 is 5.11 Å². The van der Waals surface area contributed by atoms with E-state index < -0.39 is 17.6 Å². The van der Waals surface area contributed by atoms with E-state index >= 15 is 0 Å². The number of aromatic carboxylic acids is 1. The average Bonchev–Trinajstić information content (AvgIpc) is 2.86. The molecule has 116 valence electrons. The van der Waals surface area contributed by atoms with Crippen LogP contribution in [0.25, 0.3) is 5.65 Å². The van der Waals surface area contributed by atoms with Gasteiger partial charge >= 0.3 is 5.97 Å². The fraction of sp³-hybridized carbons (Fsp3) is 0. The molecule has 2 aromatic heterocycles. The molecule has 0 spiro atoms. The van der Waals surface area contributed by atoms with Crippen LogP contribution in [0.1, 0.15) is 10.5 Å². The van der Waals surface area contributed by atoms with Gasteiger partial charge in [0.2, 0.25) is 0 Å². The summed E-state index contributed by atoms with van der Waals surface area (Å²) in [6, 6.07) is 6.10. The van der Waals surface area contributed by atoms with Crippen LogP contribution in [0.4, 0.5) is 20.3 Å². The number of halogens is 3. The quantitative estimate of drug-likeness (QED) is 0.721. The van der Waals surface area contributed by atoms with Crippen molar-refractivity contribution in [3.63, 3.8) is 0 Å². The first kappa shape index (κ1) is 15.0. The molecular weight excluding hydrogens is 330 g/mol. The molecule has 6 nitrogen and oxygen atoms in total. The third kappa shape index (κ3) is 2.88. The van der Waals surface area contributed by atoms with Gasteiger partial charge in [-0.1, -0.05) is 11.6 Å². The molecule has 0 aliphatic carbocycles. The minimum absolute atomic E-state index is 0.149. The summed E-state index contributed by atoms with van der Waals surface area (Å²) in [5.74, 6) is -2.70. The van der Waals surface area contributed by atoms with Crippen molar-refractivity contribution in [3.05, 3.63) is 58.9 Å². The Kier molecular flexibility index (Phi) is 3.75. The van der Waals surface area contributed by atoms with Crippen molar-refractivity contribution in [2.75, 3.05) is 0 Å². The van der Waals surface area contributed by atoms with Crippen molar-refractivity contribution in [1.29, 1.82) is 0 Å². The van der Waals surface area contributed by atoms with E-state index in [4.69, 9.17) is 11.6 Å². The van der Waals surface area contributed by atoms with Crippen LogP contribution < -0.4 is 0 Å². The van der Waals surface area contributed by atoms with Crippen molar-refractivity contribution in [1.82, 2.24) is 9.38 Å². The molecule has 0 saturated heterocycles. The van der Waals surface area contributed by atoms with Gasteiger partial charge in [0.1, 0.15) is 17.3 Å². The number of carboxylic acids is 1. The van der Waals surface area contributed by atoms with E-state index in [2.05, 4.69) is 15.2 Å². The molecule has 0 radical (unpaired) electrons. The molecule has 0 unspecified atom stereocenters. The first-order valence-corrected chi connectivity index (χ1v) is 6.61. The van der Waals surface area contributed by atoms with Gasteiger partial charge in [0.15, 0.2) is 11.5 Å². The van der Waals surface area contributed by atoms with E-state index in [0.29, 0.717) is 0 Å². The van der Waals surface area contributed by atoms with Gasteiger partial charge in [-0.15, -0.1) is 10.2 Å². The Hall–Kier alpha value is -2.87. The van der Waals surface area contributed by atoms with Crippen LogP contribution in [0, 0.1) is 11.6 Å². The lowest BCUT2D eigenvalue weighted by molar-refractivity contribution is 0.0692. The Labute approximate surface area is 132 Å². The molecule has 0 atom stereocenters. The number of hydrogen-bond donors (Lipinski definition) is 1. The number of rotatable bonds is 3. The van der Waals surface area contributed by atoms with E-state index in [-0.39, 0.29) is 27.9 Å². The maximum absolute atomic E-state index is 13.4. The van der Waals surface area contributed by atoms with Crippen molar-refractivity contribution in [3.8, 4) is 0 Å². The molecule has 0 fully saturated rings. The Morgan fingerprint density at radius 3 is 2.70 bits per heavy atom. The number of hydrogen-bond acceptors (Lipinski definition) is 4. The third-order valence-corrected chi connectivity index (χ3v) is 3.21. The fourth-order valence-corrected chi connectivity index (χ4v) is 2.07. The first-order valence-electron chi connectivity index (χ1n) is 6.23. The molecule has 2 heterocycles. The maximum atomic E-state index is 13.4. The molecule has 1 aromatic carbocycles. The zero-order valence-electron chi connectivity index (χ0n) is 11.2. The second-order valence-corrected chi connectivity index (χ2v) is 4.87. The van der Waals surface area contributed by atoms with E-state index in [1.54, 1.807) is 0 Å². The van der Waals surface area contributed by atoms with Gasteiger partial charge in [0.25, 0.3) is 0 Å². The number of aromatic nitrogens is 2. The van der Waals surface area contributed by atoms with Gasteiger partial charge in [-0.05, 0) is 30.3 Å². The number of nitrogens with zero attached hydrogens (tertiary/aromatic N) is 4. The Morgan fingerprint density at radius 2 is 2.00 bits per heavy atom. The summed E-state index contributed by atoms with van der Waals surface area (Å²) in [6.45, 7) is 0. The smallest absolute Gasteiger partial charge is 0.358 e. The van der Waals surface area contributed by atoms with Crippen LogP contribution in [0.2, 0.25) is 5.02 Å². The topological polar surface area (TPSA) is 79.3 Å². The summed E-state index contributed by atoms with van der Waals surface area (Å²) in [7, 11) is 0. The Morgan fingerprint density at radius 1 is 1.22 bits per heavy atom. The van der Waals surface area contributed by atoms with Gasteiger partial charge in [0, 0.05) is 6.20 Å². The van der Waals surface area contributed by atoms with E-state index in [1.807, 2.05) is 0 Å². The first-order chi connectivity index (χ1) is 11.0. The number of benzene rings is 1. The van der Waals surface area contributed by atoms with Crippen molar-refractivity contribution in [2.24, 2.45) is 10.2 Å². The highest BCUT2D eigenvalue weighted by molar-refractivity contribution is 6.31. The molecule has 23 heavy (non-hydrogen) atoms. The molecule has 0 amide bonds. The summed E-state index contributed by atoms with van der Waals surface area (Å²) >= 11 is 5.63. The second-order valence-electron chi connectivity index (χ2n) is 4.46. The molecule has 1 N–H and O–H groups in total. The predicted molar refractivity (Wildman–Crippen MR) is 77.7 cm³/mol. The Balaban J connectivity index is 2.12. The van der Waals surface area contributed by atoms with Crippen molar-refractivity contribution < 1.29 is 18.7 Å². The largest absolute Gasteiger partial charge is 0.476 e. The fourth-order valence-electron chi connectivity index (χ4n) is 1.90. The summed E-state index contributed by atoms with van der Waals surface area (Å²) in [5.41, 5.74) is 0.0292. The summed E-state index contributed by atoms with van der Waals surface area (Å²) in [6.07, 6.45) is 1.04. The van der Waals surface area contributed by atoms with Crippen molar-refractivity contribution in [2.45, 2.75) is 0 Å². The maximum Gasteiger partial charge on any atom is 0.358 e. The standard InChI is InChI=1S/C14H7ClF2N4O2/c15-9-5-8(2-3-10(9)17)19-20-13-12(14(22)23)18-11-4-1-7(16)6-21(11)13/h1-6H,(H,22,23). The lowest BCUT2D eigenvalue weighted by Crippen LogP contribution is -1.96. The third-order valence-electron chi connectivity index (χ3n) is 2.92. The van der Waals surface area contributed by atoms with Gasteiger partial charge in [-0.3, -0.25) is 4.40 Å². The molecule has 0 aliphatic heterocycles. The highest BCUT2D eigenvalue weighted by Crippen LogP contribution is 2.26. The molecular formula is C14H7ClF2N4O2. The lowest BCUT2D eigenvalue weighted by Gasteiger charge is -1.98. The minimum Gasteiger partial charge on any atom is -0.476 e. The summed E-state index contributed by atoms with van der Waals surface area (Å²) in [4.78, 5) is 15.1. The molecule has 0 aliphatic rings. The monoisotopic (exact) mass is 336 g/mol. The minimum atomic E-state index is -1.33. The van der Waals surface area contributed by atoms with Crippen molar-refractivity contribution >= 4 is 34.7 Å². The summed E-state index contributed by atoms with van der Waals surface area (Å²) < 4.78 is 27.6. The lowest BCUT2D eigenvalue weighted by atomic mass is 10.3. The zero-order chi connectivity index (χ0) is 16.6.